The van der Waals surface area contributed by atoms with Crippen LogP contribution in [0.2, 0.25) is 0 Å². The summed E-state index contributed by atoms with van der Waals surface area (Å²) >= 11 is 1.36. The minimum absolute atomic E-state index is 0. The van der Waals surface area contributed by atoms with Crippen LogP contribution in [-0.4, -0.2) is 93.3 Å². The van der Waals surface area contributed by atoms with Gasteiger partial charge in [-0.15, -0.1) is 11.3 Å². The first kappa shape index (κ1) is 50.8. The van der Waals surface area contributed by atoms with Gasteiger partial charge in [-0.3, -0.25) is 9.59 Å². The number of carboxylic acids is 1. The van der Waals surface area contributed by atoms with Crippen LogP contribution in [0.15, 0.2) is 29.7 Å². The van der Waals surface area contributed by atoms with Crippen molar-refractivity contribution in [3.63, 3.8) is 0 Å². The number of aliphatic hydroxyl groups is 2. The van der Waals surface area contributed by atoms with E-state index in [0.717, 1.165) is 6.42 Å². The van der Waals surface area contributed by atoms with Gasteiger partial charge >= 0.3 is 29.6 Å². The van der Waals surface area contributed by atoms with Crippen LogP contribution in [0.4, 0.5) is 0 Å². The summed E-state index contributed by atoms with van der Waals surface area (Å²) < 4.78 is 34.5. The minimum Gasteiger partial charge on any atom is -0.550 e. The molecule has 4 fully saturated rings. The summed E-state index contributed by atoms with van der Waals surface area (Å²) in [6, 6.07) is 2.96. The van der Waals surface area contributed by atoms with Gasteiger partial charge in [0.25, 0.3) is 5.91 Å². The number of ketones is 1. The zero-order chi connectivity index (χ0) is 43.9. The fourth-order valence-electron chi connectivity index (χ4n) is 11.3. The van der Waals surface area contributed by atoms with Crippen molar-refractivity contribution in [2.45, 2.75) is 199 Å². The van der Waals surface area contributed by atoms with E-state index in [2.05, 4.69) is 26.1 Å². The van der Waals surface area contributed by atoms with Gasteiger partial charge in [0.05, 0.1) is 52.7 Å². The molecule has 6 rings (SSSR count). The van der Waals surface area contributed by atoms with Gasteiger partial charge in [0.1, 0.15) is 11.8 Å². The van der Waals surface area contributed by atoms with Crippen LogP contribution in [0.1, 0.15) is 143 Å². The molecule has 2 spiro atoms. The van der Waals surface area contributed by atoms with Crippen LogP contribution >= 0.6 is 11.3 Å². The van der Waals surface area contributed by atoms with Crippen LogP contribution < -0.4 is 40.0 Å². The molecule has 3 N–H and O–H groups in total. The largest absolute Gasteiger partial charge is 1.00 e. The number of aliphatic hydroxyl groups excluding tert-OH is 1. The number of hydrogen-bond donors (Lipinski definition) is 3. The average Bonchev–Trinajstić information content (AvgIpc) is 3.88. The van der Waals surface area contributed by atoms with Crippen molar-refractivity contribution in [1.29, 1.82) is 0 Å². The molecule has 14 heteroatoms. The molecule has 1 aromatic heterocycles. The van der Waals surface area contributed by atoms with Crippen LogP contribution in [0, 0.1) is 41.4 Å². The van der Waals surface area contributed by atoms with Crippen molar-refractivity contribution in [3.8, 4) is 0 Å². The molecule has 1 aromatic rings. The first-order valence-corrected chi connectivity index (χ1v) is 23.7. The zero-order valence-corrected chi connectivity index (χ0v) is 41.3. The summed E-state index contributed by atoms with van der Waals surface area (Å²) in [5.74, 6) is -6.63. The van der Waals surface area contributed by atoms with E-state index in [1.807, 2.05) is 65.1 Å². The molecule has 0 bridgehead atoms. The Balaban J connectivity index is 0.00000704. The molecule has 6 heterocycles. The molecule has 12 nitrogen and oxygen atoms in total. The molecule has 0 aliphatic carbocycles. The Kier molecular flexibility index (Phi) is 16.7. The fraction of sp³-hybridized carbons (Fsp3) is 0.809. The molecule has 1 amide bonds. The number of amides is 1. The number of hydrogen-bond acceptors (Lipinski definition) is 12. The number of carboxylic acid groups (broad SMARTS) is 1. The molecule has 18 atom stereocenters. The molecular formula is C47H72NNaO11S. The quantitative estimate of drug-likeness (QED) is 0.185. The van der Waals surface area contributed by atoms with Crippen molar-refractivity contribution in [2.24, 2.45) is 41.4 Å². The Hall–Kier alpha value is -1.23. The standard InChI is InChI=1S/C47H73NO11S.Na/c1-11-32(43(52)53)34-17-16-26(4)40(56-34)30(8)38(49)29(7)39(50)33(12-2)41-27(5)25-28(6)46(57-41)21-18-36(48-42(51)35-15-14-24-60-35)47(59-46)23-22-44(10,58-47)37-19-20-45(54,13-3)31(9)55-37;/h14-15,18,21,24,26-34,36-38,40-41,49,54H,11-13,16-17,19-20,22-23,25H2,1-10H3,(H,48,51)(H,52,53);/q;+1/p-1/t26-,27-,28+,29-,30-,31-,32+,33-,34+,36-,37+,38+,40+,41-,44-,45+,46-,47-;/m0./s1. The molecule has 0 radical (unpaired) electrons. The second-order valence-corrected chi connectivity index (χ2v) is 20.3. The first-order valence-electron chi connectivity index (χ1n) is 22.8. The fourth-order valence-corrected chi connectivity index (χ4v) is 11.9. The third-order valence-corrected chi connectivity index (χ3v) is 16.4. The summed E-state index contributed by atoms with van der Waals surface area (Å²) in [6.45, 7) is 19.6. The summed E-state index contributed by atoms with van der Waals surface area (Å²) in [4.78, 5) is 40.7. The van der Waals surface area contributed by atoms with Crippen LogP contribution in [-0.2, 0) is 33.3 Å². The molecule has 61 heavy (non-hydrogen) atoms. The number of aliphatic carboxylic acids is 1. The maximum absolute atomic E-state index is 14.7. The number of carbonyl (C=O) groups is 3. The van der Waals surface area contributed by atoms with Crippen molar-refractivity contribution in [2.75, 3.05) is 0 Å². The topological polar surface area (TPSA) is 173 Å². The van der Waals surface area contributed by atoms with E-state index in [-0.39, 0.29) is 71.2 Å². The average molecular weight is 882 g/mol. The van der Waals surface area contributed by atoms with E-state index in [9.17, 15) is 29.7 Å². The number of nitrogens with one attached hydrogen (secondary N) is 1. The molecule has 0 saturated carbocycles. The summed E-state index contributed by atoms with van der Waals surface area (Å²) in [7, 11) is 0. The van der Waals surface area contributed by atoms with Gasteiger partial charge in [0.15, 0.2) is 11.6 Å². The molecule has 4 saturated heterocycles. The Morgan fingerprint density at radius 3 is 2.26 bits per heavy atom. The number of Topliss-reactive ketones (excluding diaryl/α,β-unsaturated/α-hetero) is 1. The second-order valence-electron chi connectivity index (χ2n) is 19.4. The SMILES string of the molecule is CC[C@@H](C(=O)[C@@H](C)[C@@H](O)[C@H](C)[C@@H]1O[C@@H]([C@@H](CC)C(=O)[O-])CC[C@@H]1C)[C@H]1O[C@]2(C=C[C@H](NC(=O)c3cccs3)[C@]3(CC[C@@](C)([C@H]4CC[C@](O)(CC)[C@H](C)O4)O3)O2)[C@H](C)C[C@@H]1C.[Na+]. The molecular weight excluding hydrogens is 810 g/mol. The molecule has 0 unspecified atom stereocenters. The maximum Gasteiger partial charge on any atom is 1.00 e. The third kappa shape index (κ3) is 9.98. The normalized spacial score (nSPS) is 41.3. The van der Waals surface area contributed by atoms with Gasteiger partial charge in [0, 0.05) is 42.0 Å². The third-order valence-electron chi connectivity index (χ3n) is 15.5. The Morgan fingerprint density at radius 1 is 0.951 bits per heavy atom. The summed E-state index contributed by atoms with van der Waals surface area (Å²) in [5, 5.41) is 40.0. The van der Waals surface area contributed by atoms with Crippen molar-refractivity contribution >= 4 is 29.0 Å². The number of carbonyl (C=O) groups excluding carboxylic acids is 3. The van der Waals surface area contributed by atoms with E-state index in [1.165, 1.54) is 11.3 Å². The second kappa shape index (κ2) is 20.1. The van der Waals surface area contributed by atoms with E-state index < -0.39 is 82.9 Å². The summed E-state index contributed by atoms with van der Waals surface area (Å²) in [6.07, 6.45) is 6.36. The van der Waals surface area contributed by atoms with Gasteiger partial charge in [-0.1, -0.05) is 67.5 Å². The maximum atomic E-state index is 14.7. The Bertz CT molecular complexity index is 1700. The monoisotopic (exact) mass is 881 g/mol. The van der Waals surface area contributed by atoms with E-state index in [4.69, 9.17) is 23.7 Å². The summed E-state index contributed by atoms with van der Waals surface area (Å²) in [5.41, 5.74) is -1.70. The van der Waals surface area contributed by atoms with Gasteiger partial charge < -0.3 is 49.1 Å². The predicted octanol–water partition coefficient (Wildman–Crippen LogP) is 3.36. The first-order chi connectivity index (χ1) is 28.3. The smallest absolute Gasteiger partial charge is 0.550 e. The van der Waals surface area contributed by atoms with Crippen molar-refractivity contribution in [3.05, 3.63) is 34.5 Å². The van der Waals surface area contributed by atoms with Gasteiger partial charge in [-0.05, 0) is 101 Å². The zero-order valence-electron chi connectivity index (χ0n) is 38.5. The van der Waals surface area contributed by atoms with Gasteiger partial charge in [-0.25, -0.2) is 0 Å². The predicted molar refractivity (Wildman–Crippen MR) is 226 cm³/mol. The number of rotatable bonds is 14. The number of thiophene rings is 1. The molecule has 5 aliphatic heterocycles. The van der Waals surface area contributed by atoms with E-state index >= 15 is 0 Å². The van der Waals surface area contributed by atoms with Crippen molar-refractivity contribution in [1.82, 2.24) is 5.32 Å². The minimum atomic E-state index is -1.33. The molecule has 5 aliphatic rings. The van der Waals surface area contributed by atoms with Gasteiger partial charge in [0.2, 0.25) is 0 Å². The Labute approximate surface area is 389 Å². The van der Waals surface area contributed by atoms with E-state index in [0.29, 0.717) is 62.7 Å². The molecule has 0 aromatic carbocycles. The van der Waals surface area contributed by atoms with Crippen molar-refractivity contribution < 1.29 is 82.9 Å². The van der Waals surface area contributed by atoms with Gasteiger partial charge in [-0.2, -0.15) is 0 Å². The molecule has 338 valence electrons. The van der Waals surface area contributed by atoms with E-state index in [1.54, 1.807) is 13.0 Å². The van der Waals surface area contributed by atoms with Crippen LogP contribution in [0.25, 0.3) is 0 Å². The van der Waals surface area contributed by atoms with Crippen LogP contribution in [0.3, 0.4) is 0 Å². The number of ether oxygens (including phenoxy) is 5. The Morgan fingerprint density at radius 2 is 1.66 bits per heavy atom. The van der Waals surface area contributed by atoms with Crippen LogP contribution in [0.5, 0.6) is 0 Å².